The van der Waals surface area contributed by atoms with Crippen molar-refractivity contribution in [3.8, 4) is 22.8 Å². The SMILES string of the molecule is COc1cccc(-c2nnc(SCc3cn4cc(Cl)ccc4n3)n2-c2ccccc2)c1. The summed E-state index contributed by atoms with van der Waals surface area (Å²) in [5, 5.41) is 10.5. The smallest absolute Gasteiger partial charge is 0.196 e. The Morgan fingerprint density at radius 2 is 1.84 bits per heavy atom. The molecule has 5 rings (SSSR count). The Labute approximate surface area is 188 Å². The lowest BCUT2D eigenvalue weighted by Gasteiger charge is -2.10. The number of thioether (sulfide) groups is 1. The Morgan fingerprint density at radius 3 is 2.68 bits per heavy atom. The Morgan fingerprint density at radius 1 is 0.968 bits per heavy atom. The van der Waals surface area contributed by atoms with Gasteiger partial charge in [-0.05, 0) is 36.4 Å². The molecule has 3 heterocycles. The molecule has 0 atom stereocenters. The van der Waals surface area contributed by atoms with Crippen molar-refractivity contribution in [1.82, 2.24) is 24.1 Å². The lowest BCUT2D eigenvalue weighted by atomic mass is 10.2. The molecule has 0 amide bonds. The summed E-state index contributed by atoms with van der Waals surface area (Å²) in [5.41, 5.74) is 3.74. The zero-order chi connectivity index (χ0) is 21.2. The molecule has 0 aliphatic carbocycles. The van der Waals surface area contributed by atoms with Crippen LogP contribution in [0.2, 0.25) is 5.02 Å². The van der Waals surface area contributed by atoms with E-state index in [-0.39, 0.29) is 0 Å². The molecule has 0 unspecified atom stereocenters. The van der Waals surface area contributed by atoms with Crippen LogP contribution in [-0.4, -0.2) is 31.3 Å². The molecule has 6 nitrogen and oxygen atoms in total. The molecule has 0 N–H and O–H groups in total. The number of benzene rings is 2. The first-order chi connectivity index (χ1) is 15.2. The van der Waals surface area contributed by atoms with Crippen LogP contribution in [-0.2, 0) is 5.75 Å². The second-order valence-corrected chi connectivity index (χ2v) is 8.22. The van der Waals surface area contributed by atoms with Crippen LogP contribution < -0.4 is 4.74 Å². The topological polar surface area (TPSA) is 57.2 Å². The molecule has 0 saturated carbocycles. The highest BCUT2D eigenvalue weighted by atomic mass is 35.5. The molecule has 0 aliphatic rings. The summed E-state index contributed by atoms with van der Waals surface area (Å²) in [6, 6.07) is 21.7. The van der Waals surface area contributed by atoms with Crippen LogP contribution in [0.15, 0.2) is 84.3 Å². The van der Waals surface area contributed by atoms with Crippen molar-refractivity contribution < 1.29 is 4.74 Å². The Kier molecular flexibility index (Phi) is 5.36. The van der Waals surface area contributed by atoms with E-state index in [9.17, 15) is 0 Å². The molecular formula is C23H18ClN5OS. The molecule has 154 valence electrons. The summed E-state index contributed by atoms with van der Waals surface area (Å²) in [4.78, 5) is 4.67. The fourth-order valence-electron chi connectivity index (χ4n) is 3.35. The molecule has 0 saturated heterocycles. The quantitative estimate of drug-likeness (QED) is 0.320. The van der Waals surface area contributed by atoms with E-state index in [2.05, 4.69) is 19.7 Å². The molecule has 31 heavy (non-hydrogen) atoms. The maximum absolute atomic E-state index is 6.09. The maximum atomic E-state index is 6.09. The van der Waals surface area contributed by atoms with Crippen LogP contribution >= 0.6 is 23.4 Å². The number of aromatic nitrogens is 5. The number of pyridine rings is 1. The van der Waals surface area contributed by atoms with Gasteiger partial charge in [0.25, 0.3) is 0 Å². The minimum absolute atomic E-state index is 0.655. The zero-order valence-electron chi connectivity index (χ0n) is 16.6. The van der Waals surface area contributed by atoms with E-state index in [1.165, 1.54) is 0 Å². The largest absolute Gasteiger partial charge is 0.497 e. The third kappa shape index (κ3) is 4.02. The molecule has 0 aliphatic heterocycles. The summed E-state index contributed by atoms with van der Waals surface area (Å²) in [5.74, 6) is 2.19. The molecule has 5 aromatic rings. The van der Waals surface area contributed by atoms with Gasteiger partial charge < -0.3 is 9.14 Å². The van der Waals surface area contributed by atoms with Gasteiger partial charge in [-0.25, -0.2) is 4.98 Å². The van der Waals surface area contributed by atoms with Crippen LogP contribution in [0.4, 0.5) is 0 Å². The van der Waals surface area contributed by atoms with Crippen LogP contribution in [0.1, 0.15) is 5.69 Å². The van der Waals surface area contributed by atoms with Crippen LogP contribution in [0, 0.1) is 0 Å². The number of ether oxygens (including phenoxy) is 1. The van der Waals surface area contributed by atoms with Crippen LogP contribution in [0.5, 0.6) is 5.75 Å². The number of methoxy groups -OCH3 is 1. The minimum atomic E-state index is 0.655. The average Bonchev–Trinajstić information content (AvgIpc) is 3.41. The monoisotopic (exact) mass is 447 g/mol. The second-order valence-electron chi connectivity index (χ2n) is 6.84. The van der Waals surface area contributed by atoms with Gasteiger partial charge in [0.2, 0.25) is 0 Å². The summed E-state index contributed by atoms with van der Waals surface area (Å²) in [6.45, 7) is 0. The van der Waals surface area contributed by atoms with Gasteiger partial charge in [0.15, 0.2) is 11.0 Å². The number of rotatable bonds is 6. The summed E-state index contributed by atoms with van der Waals surface area (Å²) in [6.07, 6.45) is 3.84. The van der Waals surface area contributed by atoms with Gasteiger partial charge in [-0.1, -0.05) is 53.7 Å². The molecule has 0 radical (unpaired) electrons. The predicted molar refractivity (Wildman–Crippen MR) is 123 cm³/mol. The Balaban J connectivity index is 1.51. The third-order valence-corrected chi connectivity index (χ3v) is 5.98. The first-order valence-corrected chi connectivity index (χ1v) is 11.0. The highest BCUT2D eigenvalue weighted by Crippen LogP contribution is 2.31. The van der Waals surface area contributed by atoms with E-state index in [4.69, 9.17) is 16.3 Å². The number of hydrogen-bond donors (Lipinski definition) is 0. The van der Waals surface area contributed by atoms with E-state index in [0.717, 1.165) is 39.3 Å². The summed E-state index contributed by atoms with van der Waals surface area (Å²) in [7, 11) is 1.66. The number of imidazole rings is 1. The molecule has 0 bridgehead atoms. The first-order valence-electron chi connectivity index (χ1n) is 9.62. The average molecular weight is 448 g/mol. The lowest BCUT2D eigenvalue weighted by Crippen LogP contribution is -2.00. The zero-order valence-corrected chi connectivity index (χ0v) is 18.2. The number of fused-ring (bicyclic) bond motifs is 1. The maximum Gasteiger partial charge on any atom is 0.196 e. The first kappa shape index (κ1) is 19.7. The fourth-order valence-corrected chi connectivity index (χ4v) is 4.35. The van der Waals surface area contributed by atoms with Crippen molar-refractivity contribution in [2.24, 2.45) is 0 Å². The second kappa shape index (κ2) is 8.45. The van der Waals surface area contributed by atoms with Gasteiger partial charge in [-0.2, -0.15) is 0 Å². The van der Waals surface area contributed by atoms with Gasteiger partial charge >= 0.3 is 0 Å². The fraction of sp³-hybridized carbons (Fsp3) is 0.0870. The van der Waals surface area contributed by atoms with Crippen molar-refractivity contribution in [1.29, 1.82) is 0 Å². The van der Waals surface area contributed by atoms with Crippen molar-refractivity contribution in [3.05, 3.63) is 89.8 Å². The van der Waals surface area contributed by atoms with Crippen LogP contribution in [0.25, 0.3) is 22.7 Å². The van der Waals surface area contributed by atoms with E-state index in [1.54, 1.807) is 18.9 Å². The van der Waals surface area contributed by atoms with Gasteiger partial charge in [-0.3, -0.25) is 4.57 Å². The number of hydrogen-bond acceptors (Lipinski definition) is 5. The molecular weight excluding hydrogens is 430 g/mol. The highest BCUT2D eigenvalue weighted by Gasteiger charge is 2.17. The molecule has 2 aromatic carbocycles. The summed E-state index contributed by atoms with van der Waals surface area (Å²) < 4.78 is 9.38. The standard InChI is InChI=1S/C23H18ClN5OS/c1-30-20-9-5-6-16(12-20)22-26-27-23(29(22)19-7-3-2-4-8-19)31-15-18-14-28-13-17(24)10-11-21(28)25-18/h2-14H,15H2,1H3. The predicted octanol–water partition coefficient (Wildman–Crippen LogP) is 5.54. The third-order valence-electron chi connectivity index (χ3n) is 4.79. The van der Waals surface area contributed by atoms with Crippen molar-refractivity contribution in [2.75, 3.05) is 7.11 Å². The minimum Gasteiger partial charge on any atom is -0.497 e. The van der Waals surface area contributed by atoms with Gasteiger partial charge in [-0.15, -0.1) is 10.2 Å². The molecule has 0 fully saturated rings. The summed E-state index contributed by atoms with van der Waals surface area (Å²) >= 11 is 7.68. The Bertz CT molecular complexity index is 1350. The van der Waals surface area contributed by atoms with Crippen molar-refractivity contribution in [3.63, 3.8) is 0 Å². The normalized spacial score (nSPS) is 11.2. The Hall–Kier alpha value is -3.29. The van der Waals surface area contributed by atoms with Crippen molar-refractivity contribution in [2.45, 2.75) is 10.9 Å². The van der Waals surface area contributed by atoms with Gasteiger partial charge in [0.1, 0.15) is 11.4 Å². The molecule has 3 aromatic heterocycles. The van der Waals surface area contributed by atoms with Gasteiger partial charge in [0.05, 0.1) is 17.8 Å². The van der Waals surface area contributed by atoms with E-state index in [1.807, 2.05) is 83.5 Å². The highest BCUT2D eigenvalue weighted by molar-refractivity contribution is 7.98. The van der Waals surface area contributed by atoms with Crippen LogP contribution in [0.3, 0.4) is 0 Å². The van der Waals surface area contributed by atoms with Gasteiger partial charge in [0, 0.05) is 29.4 Å². The van der Waals surface area contributed by atoms with E-state index < -0.39 is 0 Å². The lowest BCUT2D eigenvalue weighted by molar-refractivity contribution is 0.415. The van der Waals surface area contributed by atoms with Crippen molar-refractivity contribution >= 4 is 29.0 Å². The number of para-hydroxylation sites is 1. The molecule has 8 heteroatoms. The number of nitrogens with zero attached hydrogens (tertiary/aromatic N) is 5. The van der Waals surface area contributed by atoms with E-state index in [0.29, 0.717) is 10.8 Å². The van der Waals surface area contributed by atoms with E-state index >= 15 is 0 Å². The molecule has 0 spiro atoms. The number of halogens is 1.